The van der Waals surface area contributed by atoms with Gasteiger partial charge < -0.3 is 18.9 Å². The number of hydrogen-bond donors (Lipinski definition) is 0. The Hall–Kier alpha value is -4.78. The topological polar surface area (TPSA) is 67.6 Å². The molecule has 8 bridgehead atoms. The number of methoxy groups -OCH3 is 4. The summed E-state index contributed by atoms with van der Waals surface area (Å²) >= 11 is 0. The third-order valence-corrected chi connectivity index (χ3v) is 13.6. The van der Waals surface area contributed by atoms with Crippen molar-refractivity contribution in [3.05, 3.63) is 127 Å². The van der Waals surface area contributed by atoms with Crippen molar-refractivity contribution in [2.75, 3.05) is 28.4 Å². The minimum atomic E-state index is -0.126. The fraction of sp³-hybridized carbons (Fsp3) is 0.552. The molecule has 1 aliphatic carbocycles. The Morgan fingerprint density at radius 1 is 0.492 bits per heavy atom. The van der Waals surface area contributed by atoms with Gasteiger partial charge in [0.05, 0.1) is 34.1 Å². The maximum atomic E-state index is 6.70. The van der Waals surface area contributed by atoms with Gasteiger partial charge in [-0.15, -0.1) is 5.10 Å². The lowest BCUT2D eigenvalue weighted by atomic mass is 9.76. The van der Waals surface area contributed by atoms with Crippen LogP contribution in [0.4, 0.5) is 0 Å². The van der Waals surface area contributed by atoms with Crippen LogP contribution < -0.4 is 18.9 Å². The van der Waals surface area contributed by atoms with E-state index in [1.54, 1.807) is 0 Å². The molecule has 0 spiro atoms. The number of aryl methyl sites for hydroxylation is 2. The summed E-state index contributed by atoms with van der Waals surface area (Å²) in [4.78, 5) is 0. The van der Waals surface area contributed by atoms with E-state index >= 15 is 0 Å². The molecule has 7 heteroatoms. The van der Waals surface area contributed by atoms with Crippen LogP contribution in [0, 0.1) is 0 Å². The standard InChI is InChI=1S/C58H81N3O4/c1-18-19-22-47-36-61(60-59-47)24-21-20-23-48-49-34-45(57(8,9)10)32-41(53(49)64-16)26-39-30-43(55(2,3)4)28-37(51(39)62-14)25-38-29-44(56(5,6)7)31-40(52(38)63-15)27-42-33-46(58(11,12)13)35-50(48)54(42)65-17/h28-36,48H,18-27H2,1-17H3. The number of aromatic nitrogens is 3. The quantitative estimate of drug-likeness (QED) is 0.116. The SMILES string of the molecule is CCCCc1cn(CCCCC2c3cc(C(C)(C)C)cc(c3OC)Cc3cc(C(C)(C)C)cc(c3OC)Cc3cc(C(C)(C)C)cc(c3OC)Cc3cc(C(C)(C)C)cc2c3OC)nn1. The molecule has 0 saturated carbocycles. The Morgan fingerprint density at radius 3 is 1.18 bits per heavy atom. The van der Waals surface area contributed by atoms with Gasteiger partial charge in [-0.2, -0.15) is 0 Å². The first-order valence-corrected chi connectivity index (χ1v) is 24.2. The number of nitrogens with zero attached hydrogens (tertiary/aromatic N) is 3. The van der Waals surface area contributed by atoms with Crippen LogP contribution in [-0.4, -0.2) is 43.4 Å². The van der Waals surface area contributed by atoms with Crippen LogP contribution >= 0.6 is 0 Å². The number of hydrogen-bond acceptors (Lipinski definition) is 6. The zero-order chi connectivity index (χ0) is 47.6. The van der Waals surface area contributed by atoms with E-state index in [4.69, 9.17) is 18.9 Å². The van der Waals surface area contributed by atoms with E-state index in [1.165, 1.54) is 33.4 Å². The smallest absolute Gasteiger partial charge is 0.126 e. The monoisotopic (exact) mass is 884 g/mol. The van der Waals surface area contributed by atoms with Gasteiger partial charge in [0, 0.05) is 49.0 Å². The largest absolute Gasteiger partial charge is 0.496 e. The molecule has 65 heavy (non-hydrogen) atoms. The molecule has 7 nitrogen and oxygen atoms in total. The van der Waals surface area contributed by atoms with Crippen molar-refractivity contribution >= 4 is 0 Å². The Labute approximate surface area is 393 Å². The van der Waals surface area contributed by atoms with E-state index in [0.717, 1.165) is 107 Å². The molecule has 0 aliphatic heterocycles. The molecule has 1 aromatic heterocycles. The molecule has 0 amide bonds. The predicted octanol–water partition coefficient (Wildman–Crippen LogP) is 13.9. The molecule has 0 saturated heterocycles. The van der Waals surface area contributed by atoms with Gasteiger partial charge >= 0.3 is 0 Å². The van der Waals surface area contributed by atoms with Crippen LogP contribution in [0.2, 0.25) is 0 Å². The maximum Gasteiger partial charge on any atom is 0.126 e. The molecular weight excluding hydrogens is 803 g/mol. The fourth-order valence-corrected chi connectivity index (χ4v) is 9.63. The summed E-state index contributed by atoms with van der Waals surface area (Å²) < 4.78 is 28.5. The minimum Gasteiger partial charge on any atom is -0.496 e. The Morgan fingerprint density at radius 2 is 0.846 bits per heavy atom. The van der Waals surface area contributed by atoms with Crippen molar-refractivity contribution in [1.82, 2.24) is 15.0 Å². The average Bonchev–Trinajstić information content (AvgIpc) is 3.68. The van der Waals surface area contributed by atoms with Gasteiger partial charge in [-0.3, -0.25) is 4.68 Å². The zero-order valence-corrected chi connectivity index (χ0v) is 43.3. The second-order valence-corrected chi connectivity index (χ2v) is 22.8. The van der Waals surface area contributed by atoms with Crippen LogP contribution in [-0.2, 0) is 53.9 Å². The van der Waals surface area contributed by atoms with Crippen LogP contribution in [0.15, 0.2) is 54.7 Å². The second-order valence-electron chi connectivity index (χ2n) is 22.8. The van der Waals surface area contributed by atoms with E-state index in [1.807, 2.05) is 33.1 Å². The van der Waals surface area contributed by atoms with Crippen LogP contribution in [0.25, 0.3) is 0 Å². The van der Waals surface area contributed by atoms with Gasteiger partial charge in [0.2, 0.25) is 0 Å². The molecule has 1 heterocycles. The lowest BCUT2D eigenvalue weighted by molar-refractivity contribution is 0.388. The molecular formula is C58H81N3O4. The number of benzene rings is 4. The van der Waals surface area contributed by atoms with E-state index in [9.17, 15) is 0 Å². The average molecular weight is 884 g/mol. The lowest BCUT2D eigenvalue weighted by Crippen LogP contribution is -2.18. The van der Waals surface area contributed by atoms with E-state index in [-0.39, 0.29) is 27.6 Å². The molecule has 0 atom stereocenters. The van der Waals surface area contributed by atoms with E-state index in [2.05, 4.69) is 155 Å². The highest BCUT2D eigenvalue weighted by Gasteiger charge is 2.32. The van der Waals surface area contributed by atoms with Crippen LogP contribution in [0.5, 0.6) is 23.0 Å². The molecule has 0 fully saturated rings. The summed E-state index contributed by atoms with van der Waals surface area (Å²) in [5.41, 5.74) is 15.1. The summed E-state index contributed by atoms with van der Waals surface area (Å²) in [7, 11) is 7.35. The first kappa shape index (κ1) is 49.6. The lowest BCUT2D eigenvalue weighted by Gasteiger charge is -2.31. The van der Waals surface area contributed by atoms with Gasteiger partial charge in [-0.1, -0.05) is 157 Å². The fourth-order valence-electron chi connectivity index (χ4n) is 9.63. The zero-order valence-electron chi connectivity index (χ0n) is 43.3. The van der Waals surface area contributed by atoms with Crippen LogP contribution in [0.3, 0.4) is 0 Å². The van der Waals surface area contributed by atoms with Crippen LogP contribution in [0.1, 0.15) is 200 Å². The summed E-state index contributed by atoms with van der Waals surface area (Å²) in [6.45, 7) is 30.8. The number of fused-ring (bicyclic) bond motifs is 8. The van der Waals surface area contributed by atoms with Gasteiger partial charge in [-0.05, 0) is 103 Å². The highest BCUT2D eigenvalue weighted by atomic mass is 16.5. The molecule has 1 aliphatic rings. The molecule has 5 aromatic rings. The Bertz CT molecular complexity index is 2300. The van der Waals surface area contributed by atoms with Gasteiger partial charge in [0.25, 0.3) is 0 Å². The molecule has 0 radical (unpaired) electrons. The predicted molar refractivity (Wildman–Crippen MR) is 270 cm³/mol. The van der Waals surface area contributed by atoms with E-state index in [0.29, 0.717) is 19.3 Å². The third-order valence-electron chi connectivity index (χ3n) is 13.6. The number of unbranched alkanes of at least 4 members (excludes halogenated alkanes) is 2. The summed E-state index contributed by atoms with van der Waals surface area (Å²) in [5, 5.41) is 9.02. The molecule has 6 rings (SSSR count). The van der Waals surface area contributed by atoms with Gasteiger partial charge in [0.1, 0.15) is 23.0 Å². The van der Waals surface area contributed by atoms with Crippen molar-refractivity contribution in [3.8, 4) is 23.0 Å². The molecule has 0 unspecified atom stereocenters. The summed E-state index contributed by atoms with van der Waals surface area (Å²) in [6, 6.07) is 19.1. The summed E-state index contributed by atoms with van der Waals surface area (Å²) in [5.74, 6) is 3.67. The van der Waals surface area contributed by atoms with Crippen molar-refractivity contribution < 1.29 is 18.9 Å². The van der Waals surface area contributed by atoms with Crippen molar-refractivity contribution in [2.45, 2.75) is 182 Å². The first-order chi connectivity index (χ1) is 30.5. The number of rotatable bonds is 12. The minimum absolute atomic E-state index is 0.0394. The maximum absolute atomic E-state index is 6.70. The highest BCUT2D eigenvalue weighted by Crippen LogP contribution is 2.48. The Balaban J connectivity index is 1.70. The normalized spacial score (nSPS) is 13.8. The van der Waals surface area contributed by atoms with Crippen molar-refractivity contribution in [1.29, 1.82) is 0 Å². The van der Waals surface area contributed by atoms with Gasteiger partial charge in [0.15, 0.2) is 0 Å². The summed E-state index contributed by atoms with van der Waals surface area (Å²) in [6.07, 6.45) is 10.2. The van der Waals surface area contributed by atoms with Crippen molar-refractivity contribution in [2.24, 2.45) is 0 Å². The second kappa shape index (κ2) is 19.6. The third kappa shape index (κ3) is 11.3. The Kier molecular flexibility index (Phi) is 15.0. The highest BCUT2D eigenvalue weighted by molar-refractivity contribution is 5.61. The van der Waals surface area contributed by atoms with Crippen molar-refractivity contribution in [3.63, 3.8) is 0 Å². The van der Waals surface area contributed by atoms with E-state index < -0.39 is 0 Å². The molecule has 0 N–H and O–H groups in total. The molecule has 4 aromatic carbocycles. The first-order valence-electron chi connectivity index (χ1n) is 24.2. The number of ether oxygens (including phenoxy) is 4. The van der Waals surface area contributed by atoms with Gasteiger partial charge in [-0.25, -0.2) is 0 Å². The molecule has 352 valence electrons.